The number of hydrogen-bond acceptors (Lipinski definition) is 8. The number of methoxy groups -OCH3 is 1. The van der Waals surface area contributed by atoms with E-state index in [0.717, 1.165) is 0 Å². The molecule has 0 amide bonds. The zero-order valence-electron chi connectivity index (χ0n) is 15.4. The summed E-state index contributed by atoms with van der Waals surface area (Å²) in [4.78, 5) is 39.5. The Labute approximate surface area is 160 Å². The number of hydrogen-bond donors (Lipinski definition) is 0. The second kappa shape index (κ2) is 8.66. The van der Waals surface area contributed by atoms with Crippen LogP contribution in [0.15, 0.2) is 47.4 Å². The largest absolute Gasteiger partial charge is 0.481 e. The van der Waals surface area contributed by atoms with Crippen LogP contribution in [0.2, 0.25) is 0 Å². The lowest BCUT2D eigenvalue weighted by Gasteiger charge is -2.18. The minimum Gasteiger partial charge on any atom is -0.481 e. The number of rotatable bonds is 6. The highest BCUT2D eigenvalue weighted by Gasteiger charge is 2.39. The summed E-state index contributed by atoms with van der Waals surface area (Å²) in [6.07, 6.45) is -0.380. The minimum absolute atomic E-state index is 0.124. The molecule has 1 fully saturated rings. The van der Waals surface area contributed by atoms with E-state index in [9.17, 15) is 14.4 Å². The molecular formula is C19H20N2O7. The molecule has 0 aliphatic carbocycles. The predicted octanol–water partition coefficient (Wildman–Crippen LogP) is 1.33. The highest BCUT2D eigenvalue weighted by molar-refractivity contribution is 5.89. The Hall–Kier alpha value is -3.20. The van der Waals surface area contributed by atoms with E-state index in [1.165, 1.54) is 30.9 Å². The molecule has 1 aromatic heterocycles. The number of esters is 2. The second-order valence-corrected chi connectivity index (χ2v) is 6.14. The first-order valence-electron chi connectivity index (χ1n) is 8.66. The van der Waals surface area contributed by atoms with Crippen molar-refractivity contribution in [2.75, 3.05) is 13.7 Å². The van der Waals surface area contributed by atoms with Gasteiger partial charge in [-0.2, -0.15) is 4.98 Å². The minimum atomic E-state index is -0.712. The summed E-state index contributed by atoms with van der Waals surface area (Å²) in [6.45, 7) is 1.15. The molecule has 0 saturated carbocycles. The highest BCUT2D eigenvalue weighted by atomic mass is 16.6. The molecule has 9 nitrogen and oxygen atoms in total. The van der Waals surface area contributed by atoms with Crippen LogP contribution in [0.25, 0.3) is 0 Å². The topological polar surface area (TPSA) is 106 Å². The fourth-order valence-corrected chi connectivity index (χ4v) is 2.90. The van der Waals surface area contributed by atoms with Crippen molar-refractivity contribution < 1.29 is 28.5 Å². The monoisotopic (exact) mass is 388 g/mol. The van der Waals surface area contributed by atoms with Crippen LogP contribution in [0.4, 0.5) is 0 Å². The maximum atomic E-state index is 12.2. The third-order valence-corrected chi connectivity index (χ3v) is 4.21. The van der Waals surface area contributed by atoms with Gasteiger partial charge in [0.1, 0.15) is 25.0 Å². The molecule has 28 heavy (non-hydrogen) atoms. The molecule has 3 rings (SSSR count). The van der Waals surface area contributed by atoms with Gasteiger partial charge >= 0.3 is 17.6 Å². The van der Waals surface area contributed by atoms with Crippen LogP contribution in [-0.4, -0.2) is 47.4 Å². The van der Waals surface area contributed by atoms with Crippen molar-refractivity contribution in [3.8, 4) is 5.88 Å². The first-order valence-corrected chi connectivity index (χ1v) is 8.66. The lowest BCUT2D eigenvalue weighted by molar-refractivity contribution is -0.150. The van der Waals surface area contributed by atoms with Gasteiger partial charge in [0.15, 0.2) is 0 Å². The van der Waals surface area contributed by atoms with E-state index in [2.05, 4.69) is 4.98 Å². The van der Waals surface area contributed by atoms with Gasteiger partial charge in [0.05, 0.1) is 12.7 Å². The molecule has 148 valence electrons. The van der Waals surface area contributed by atoms with Crippen LogP contribution in [0.3, 0.4) is 0 Å². The van der Waals surface area contributed by atoms with Gasteiger partial charge in [-0.05, 0) is 12.1 Å². The number of carbonyl (C=O) groups is 2. The predicted molar refractivity (Wildman–Crippen MR) is 95.9 cm³/mol. The molecule has 2 aromatic rings. The summed E-state index contributed by atoms with van der Waals surface area (Å²) in [5.41, 5.74) is -0.162. The van der Waals surface area contributed by atoms with Gasteiger partial charge in [-0.3, -0.25) is 9.36 Å². The highest BCUT2D eigenvalue weighted by Crippen LogP contribution is 2.30. The van der Waals surface area contributed by atoms with Crippen molar-refractivity contribution in [1.82, 2.24) is 9.55 Å². The number of carbonyl (C=O) groups excluding carboxylic acids is 2. The summed E-state index contributed by atoms with van der Waals surface area (Å²) in [5.74, 6) is -0.824. The SMILES string of the molecule is COc1ccn([C@@H]2C[C@H](OC(C)=O)[C@@H](COC(=O)c3ccccc3)O2)c(=O)n1. The van der Waals surface area contributed by atoms with Gasteiger partial charge in [-0.15, -0.1) is 0 Å². The van der Waals surface area contributed by atoms with Crippen LogP contribution in [0.1, 0.15) is 29.9 Å². The van der Waals surface area contributed by atoms with Crippen molar-refractivity contribution >= 4 is 11.9 Å². The molecule has 1 saturated heterocycles. The average molecular weight is 388 g/mol. The number of aromatic nitrogens is 2. The molecule has 1 aliphatic heterocycles. The Balaban J connectivity index is 1.71. The molecule has 0 spiro atoms. The zero-order valence-corrected chi connectivity index (χ0v) is 15.4. The van der Waals surface area contributed by atoms with Gasteiger partial charge < -0.3 is 18.9 Å². The van der Waals surface area contributed by atoms with Crippen molar-refractivity contribution in [2.45, 2.75) is 31.8 Å². The molecule has 0 unspecified atom stereocenters. The van der Waals surface area contributed by atoms with E-state index in [1.807, 2.05) is 0 Å². The van der Waals surface area contributed by atoms with Gasteiger partial charge in [-0.1, -0.05) is 18.2 Å². The molecule has 1 aromatic carbocycles. The molecule has 0 radical (unpaired) electrons. The third kappa shape index (κ3) is 4.55. The molecule has 0 bridgehead atoms. The normalized spacial score (nSPS) is 21.1. The Morgan fingerprint density at radius 2 is 2.00 bits per heavy atom. The first kappa shape index (κ1) is 19.6. The summed E-state index contributed by atoms with van der Waals surface area (Å²) >= 11 is 0. The summed E-state index contributed by atoms with van der Waals surface area (Å²) in [5, 5.41) is 0. The maximum Gasteiger partial charge on any atom is 0.352 e. The van der Waals surface area contributed by atoms with Gasteiger partial charge in [0.2, 0.25) is 5.88 Å². The Morgan fingerprint density at radius 1 is 1.25 bits per heavy atom. The van der Waals surface area contributed by atoms with Gasteiger partial charge in [-0.25, -0.2) is 9.59 Å². The maximum absolute atomic E-state index is 12.2. The smallest absolute Gasteiger partial charge is 0.352 e. The van der Waals surface area contributed by atoms with E-state index in [4.69, 9.17) is 18.9 Å². The lowest BCUT2D eigenvalue weighted by Crippen LogP contribution is -2.31. The fourth-order valence-electron chi connectivity index (χ4n) is 2.90. The fraction of sp³-hybridized carbons (Fsp3) is 0.368. The first-order chi connectivity index (χ1) is 13.5. The molecule has 0 N–H and O–H groups in total. The molecule has 9 heteroatoms. The van der Waals surface area contributed by atoms with E-state index >= 15 is 0 Å². The molecule has 3 atom stereocenters. The number of ether oxygens (including phenoxy) is 4. The van der Waals surface area contributed by atoms with Crippen LogP contribution in [-0.2, 0) is 19.0 Å². The van der Waals surface area contributed by atoms with Crippen LogP contribution in [0, 0.1) is 0 Å². The van der Waals surface area contributed by atoms with E-state index < -0.39 is 36.1 Å². The van der Waals surface area contributed by atoms with Crippen LogP contribution >= 0.6 is 0 Å². The van der Waals surface area contributed by atoms with Crippen LogP contribution < -0.4 is 10.4 Å². The van der Waals surface area contributed by atoms with Crippen molar-refractivity contribution in [1.29, 1.82) is 0 Å². The third-order valence-electron chi connectivity index (χ3n) is 4.21. The van der Waals surface area contributed by atoms with E-state index in [0.29, 0.717) is 5.56 Å². The van der Waals surface area contributed by atoms with E-state index in [1.54, 1.807) is 30.3 Å². The standard InChI is InChI=1S/C19H20N2O7/c1-12(22)27-14-10-17(21-9-8-16(25-2)20-19(21)24)28-15(14)11-26-18(23)13-6-4-3-5-7-13/h3-9,14-15,17H,10-11H2,1-2H3/t14-,15+,17-/m0/s1. The Bertz CT molecular complexity index is 897. The Kier molecular flexibility index (Phi) is 6.05. The molecular weight excluding hydrogens is 368 g/mol. The molecule has 1 aliphatic rings. The summed E-state index contributed by atoms with van der Waals surface area (Å²) in [6, 6.07) is 10.0. The van der Waals surface area contributed by atoms with Crippen molar-refractivity contribution in [2.24, 2.45) is 0 Å². The Morgan fingerprint density at radius 3 is 2.64 bits per heavy atom. The van der Waals surface area contributed by atoms with Crippen molar-refractivity contribution in [3.63, 3.8) is 0 Å². The van der Waals surface area contributed by atoms with Crippen molar-refractivity contribution in [3.05, 3.63) is 58.6 Å². The lowest BCUT2D eigenvalue weighted by atomic mass is 10.2. The zero-order chi connectivity index (χ0) is 20.1. The van der Waals surface area contributed by atoms with E-state index in [-0.39, 0.29) is 18.9 Å². The summed E-state index contributed by atoms with van der Waals surface area (Å²) < 4.78 is 22.6. The van der Waals surface area contributed by atoms with Gasteiger partial charge in [0.25, 0.3) is 0 Å². The number of nitrogens with zero attached hydrogens (tertiary/aromatic N) is 2. The summed E-state index contributed by atoms with van der Waals surface area (Å²) in [7, 11) is 1.41. The average Bonchev–Trinajstić information content (AvgIpc) is 3.08. The molecule has 2 heterocycles. The van der Waals surface area contributed by atoms with Crippen LogP contribution in [0.5, 0.6) is 5.88 Å². The second-order valence-electron chi connectivity index (χ2n) is 6.14. The van der Waals surface area contributed by atoms with Gasteiger partial charge in [0, 0.05) is 25.6 Å². The quantitative estimate of drug-likeness (QED) is 0.683. The number of benzene rings is 1.